The van der Waals surface area contributed by atoms with Crippen molar-refractivity contribution in [2.24, 2.45) is 0 Å². The molecule has 1 aromatic heterocycles. The maximum absolute atomic E-state index is 12.2. The van der Waals surface area contributed by atoms with Crippen LogP contribution in [0.2, 0.25) is 0 Å². The molecule has 1 aliphatic heterocycles. The van der Waals surface area contributed by atoms with Crippen molar-refractivity contribution in [2.45, 2.75) is 12.8 Å². The number of nitrogens with zero attached hydrogens (tertiary/aromatic N) is 2. The summed E-state index contributed by atoms with van der Waals surface area (Å²) < 4.78 is 10.2. The molecule has 0 radical (unpaired) electrons. The van der Waals surface area contributed by atoms with Gasteiger partial charge in [0, 0.05) is 5.69 Å². The van der Waals surface area contributed by atoms with E-state index in [0.717, 1.165) is 11.3 Å². The number of anilines is 1. The Bertz CT molecular complexity index is 847. The van der Waals surface area contributed by atoms with Crippen molar-refractivity contribution in [3.8, 4) is 5.75 Å². The first-order chi connectivity index (χ1) is 11.8. The zero-order valence-electron chi connectivity index (χ0n) is 12.6. The fourth-order valence-corrected chi connectivity index (χ4v) is 2.53. The van der Waals surface area contributed by atoms with Crippen LogP contribution in [0.1, 0.15) is 27.9 Å². The molecular formula is C17H14N4O3. The van der Waals surface area contributed by atoms with E-state index in [2.05, 4.69) is 25.3 Å². The zero-order valence-corrected chi connectivity index (χ0v) is 12.6. The average Bonchev–Trinajstić information content (AvgIpc) is 3.14. The highest BCUT2D eigenvalue weighted by molar-refractivity contribution is 6.01. The molecular weight excluding hydrogens is 308 g/mol. The van der Waals surface area contributed by atoms with Crippen molar-refractivity contribution in [1.29, 1.82) is 0 Å². The predicted molar refractivity (Wildman–Crippen MR) is 85.3 cm³/mol. The monoisotopic (exact) mass is 322 g/mol. The molecule has 7 nitrogen and oxygen atoms in total. The Hall–Kier alpha value is -3.35. The van der Waals surface area contributed by atoms with E-state index < -0.39 is 0 Å². The highest BCUT2D eigenvalue weighted by Gasteiger charge is 2.23. The van der Waals surface area contributed by atoms with Crippen LogP contribution in [0.5, 0.6) is 5.75 Å². The summed E-state index contributed by atoms with van der Waals surface area (Å²) >= 11 is 0. The Morgan fingerprint density at radius 1 is 1.08 bits per heavy atom. The molecule has 0 fully saturated rings. The quantitative estimate of drug-likeness (QED) is 0.767. The van der Waals surface area contributed by atoms with E-state index in [0.29, 0.717) is 17.1 Å². The Morgan fingerprint density at radius 3 is 2.71 bits per heavy atom. The number of carbonyl (C=O) groups excluding carboxylic acids is 1. The number of ether oxygens (including phenoxy) is 1. The van der Waals surface area contributed by atoms with Crippen molar-refractivity contribution >= 4 is 11.6 Å². The molecule has 2 aromatic carbocycles. The molecule has 7 heteroatoms. The predicted octanol–water partition coefficient (Wildman–Crippen LogP) is 2.50. The van der Waals surface area contributed by atoms with E-state index in [1.807, 2.05) is 42.5 Å². The Labute approximate surface area is 137 Å². The number of aromatic nitrogens is 2. The number of fused-ring (bicyclic) bond motifs is 1. The van der Waals surface area contributed by atoms with Gasteiger partial charge in [0.15, 0.2) is 6.61 Å². The van der Waals surface area contributed by atoms with E-state index in [9.17, 15) is 4.79 Å². The third-order valence-electron chi connectivity index (χ3n) is 3.74. The number of amides is 1. The lowest BCUT2D eigenvalue weighted by atomic mass is 10.1. The molecule has 3 aromatic rings. The van der Waals surface area contributed by atoms with Crippen molar-refractivity contribution in [1.82, 2.24) is 15.5 Å². The van der Waals surface area contributed by atoms with Crippen LogP contribution >= 0.6 is 0 Å². The molecule has 2 heterocycles. The molecule has 24 heavy (non-hydrogen) atoms. The van der Waals surface area contributed by atoms with Gasteiger partial charge in [0.05, 0.1) is 5.56 Å². The lowest BCUT2D eigenvalue weighted by Gasteiger charge is -2.28. The van der Waals surface area contributed by atoms with Gasteiger partial charge >= 0.3 is 0 Å². The fraction of sp³-hybridized carbons (Fsp3) is 0.118. The molecule has 0 aliphatic carbocycles. The van der Waals surface area contributed by atoms with Crippen molar-refractivity contribution in [3.63, 3.8) is 0 Å². The molecule has 1 aliphatic rings. The summed E-state index contributed by atoms with van der Waals surface area (Å²) in [6.07, 6.45) is 0.982. The highest BCUT2D eigenvalue weighted by Crippen LogP contribution is 2.27. The second-order valence-corrected chi connectivity index (χ2v) is 5.30. The SMILES string of the molecule is O=C1NC(c2ccc(OCc3ncon3)cc2)Nc2ccccc21. The van der Waals surface area contributed by atoms with E-state index in [1.54, 1.807) is 6.07 Å². The van der Waals surface area contributed by atoms with E-state index in [-0.39, 0.29) is 18.7 Å². The third-order valence-corrected chi connectivity index (χ3v) is 3.74. The molecule has 0 saturated heterocycles. The van der Waals surface area contributed by atoms with Crippen LogP contribution in [-0.2, 0) is 6.61 Å². The van der Waals surface area contributed by atoms with Crippen LogP contribution in [0, 0.1) is 0 Å². The minimum Gasteiger partial charge on any atom is -0.485 e. The number of hydrogen-bond donors (Lipinski definition) is 2. The summed E-state index contributed by atoms with van der Waals surface area (Å²) in [7, 11) is 0. The Balaban J connectivity index is 1.46. The van der Waals surface area contributed by atoms with E-state index in [1.165, 1.54) is 6.39 Å². The highest BCUT2D eigenvalue weighted by atomic mass is 16.5. The van der Waals surface area contributed by atoms with Gasteiger partial charge in [-0.1, -0.05) is 29.4 Å². The molecule has 1 atom stereocenters. The molecule has 0 spiro atoms. The first kappa shape index (κ1) is 14.3. The largest absolute Gasteiger partial charge is 0.485 e. The number of para-hydroxylation sites is 1. The van der Waals surface area contributed by atoms with Gasteiger partial charge in [-0.2, -0.15) is 4.98 Å². The van der Waals surface area contributed by atoms with Gasteiger partial charge < -0.3 is 19.9 Å². The fourth-order valence-electron chi connectivity index (χ4n) is 2.53. The maximum Gasteiger partial charge on any atom is 0.255 e. The molecule has 1 amide bonds. The first-order valence-corrected chi connectivity index (χ1v) is 7.44. The standard InChI is InChI=1S/C17H14N4O3/c22-17-13-3-1-2-4-14(13)19-16(20-17)11-5-7-12(8-6-11)23-9-15-18-10-24-21-15/h1-8,10,16,19H,9H2,(H,20,22). The van der Waals surface area contributed by atoms with Gasteiger partial charge in [-0.15, -0.1) is 0 Å². The van der Waals surface area contributed by atoms with E-state index in [4.69, 9.17) is 4.74 Å². The third kappa shape index (κ3) is 2.79. The van der Waals surface area contributed by atoms with Crippen LogP contribution in [0.4, 0.5) is 5.69 Å². The van der Waals surface area contributed by atoms with Crippen molar-refractivity contribution in [3.05, 3.63) is 71.9 Å². The van der Waals surface area contributed by atoms with E-state index >= 15 is 0 Å². The molecule has 2 N–H and O–H groups in total. The molecule has 1 unspecified atom stereocenters. The van der Waals surface area contributed by atoms with Crippen molar-refractivity contribution in [2.75, 3.05) is 5.32 Å². The zero-order chi connectivity index (χ0) is 16.4. The van der Waals surface area contributed by atoms with Gasteiger partial charge in [-0.25, -0.2) is 0 Å². The number of carbonyl (C=O) groups is 1. The summed E-state index contributed by atoms with van der Waals surface area (Å²) in [6, 6.07) is 14.9. The van der Waals surface area contributed by atoms with Crippen LogP contribution < -0.4 is 15.4 Å². The number of nitrogens with one attached hydrogen (secondary N) is 2. The van der Waals surface area contributed by atoms with Gasteiger partial charge in [0.2, 0.25) is 12.2 Å². The topological polar surface area (TPSA) is 89.3 Å². The normalized spacial score (nSPS) is 16.0. The number of hydrogen-bond acceptors (Lipinski definition) is 6. The summed E-state index contributed by atoms with van der Waals surface area (Å²) in [5, 5.41) is 9.94. The first-order valence-electron chi connectivity index (χ1n) is 7.44. The smallest absolute Gasteiger partial charge is 0.255 e. The lowest BCUT2D eigenvalue weighted by molar-refractivity contribution is 0.0935. The number of rotatable bonds is 4. The summed E-state index contributed by atoms with van der Waals surface area (Å²) in [5.74, 6) is 1.08. The summed E-state index contributed by atoms with van der Waals surface area (Å²) in [5.41, 5.74) is 2.40. The van der Waals surface area contributed by atoms with Crippen LogP contribution in [0.15, 0.2) is 59.4 Å². The van der Waals surface area contributed by atoms with Gasteiger partial charge in [0.1, 0.15) is 11.9 Å². The molecule has 0 saturated carbocycles. The second kappa shape index (κ2) is 6.04. The Morgan fingerprint density at radius 2 is 1.92 bits per heavy atom. The second-order valence-electron chi connectivity index (χ2n) is 5.30. The lowest BCUT2D eigenvalue weighted by Crippen LogP contribution is -2.38. The van der Waals surface area contributed by atoms with Crippen molar-refractivity contribution < 1.29 is 14.1 Å². The van der Waals surface area contributed by atoms with Crippen LogP contribution in [0.25, 0.3) is 0 Å². The molecule has 120 valence electrons. The minimum absolute atomic E-state index is 0.0909. The van der Waals surface area contributed by atoms with Gasteiger partial charge in [-0.3, -0.25) is 4.79 Å². The minimum atomic E-state index is -0.279. The summed E-state index contributed by atoms with van der Waals surface area (Å²) in [6.45, 7) is 0.238. The Kier molecular flexibility index (Phi) is 3.59. The average molecular weight is 322 g/mol. The maximum atomic E-state index is 12.2. The molecule has 4 rings (SSSR count). The van der Waals surface area contributed by atoms with Crippen LogP contribution in [-0.4, -0.2) is 16.0 Å². The van der Waals surface area contributed by atoms with Gasteiger partial charge in [-0.05, 0) is 29.8 Å². The molecule has 0 bridgehead atoms. The summed E-state index contributed by atoms with van der Waals surface area (Å²) in [4.78, 5) is 16.1. The van der Waals surface area contributed by atoms with Crippen LogP contribution in [0.3, 0.4) is 0 Å². The van der Waals surface area contributed by atoms with Gasteiger partial charge in [0.25, 0.3) is 5.91 Å². The number of benzene rings is 2.